The molecule has 0 saturated heterocycles. The van der Waals surface area contributed by atoms with Crippen molar-refractivity contribution >= 4 is 34.3 Å². The molecule has 0 nitrogen and oxygen atoms in total. The van der Waals surface area contributed by atoms with Crippen LogP contribution < -0.4 is 0 Å². The lowest BCUT2D eigenvalue weighted by atomic mass is 10.0. The van der Waals surface area contributed by atoms with E-state index in [-0.39, 0.29) is 0 Å². The van der Waals surface area contributed by atoms with Gasteiger partial charge in [-0.15, -0.1) is 11.3 Å². The van der Waals surface area contributed by atoms with Gasteiger partial charge in [-0.1, -0.05) is 36.4 Å². The largest absolute Gasteiger partial charge is 0.152 e. The molecule has 0 atom stereocenters. The molecule has 3 rings (SSSR count). The lowest BCUT2D eigenvalue weighted by molar-refractivity contribution is 1.65. The van der Waals surface area contributed by atoms with E-state index >= 15 is 0 Å². The maximum absolute atomic E-state index is 2.26. The van der Waals surface area contributed by atoms with Crippen LogP contribution in [0.2, 0.25) is 0 Å². The number of rotatable bonds is 3. The van der Waals surface area contributed by atoms with E-state index < -0.39 is 0 Å². The highest BCUT2D eigenvalue weighted by atomic mass is 32.1. The van der Waals surface area contributed by atoms with Gasteiger partial charge in [0.2, 0.25) is 0 Å². The molecule has 0 aliphatic heterocycles. The lowest BCUT2D eigenvalue weighted by Crippen LogP contribution is -1.81. The van der Waals surface area contributed by atoms with Gasteiger partial charge in [-0.3, -0.25) is 0 Å². The average Bonchev–Trinajstić information content (AvgIpc) is 3.11. The Balaban J connectivity index is 2.09. The molecule has 2 heteroatoms. The minimum atomic E-state index is 1.24. The number of benzene rings is 1. The van der Waals surface area contributed by atoms with E-state index in [9.17, 15) is 0 Å². The van der Waals surface area contributed by atoms with Gasteiger partial charge in [0.05, 0.1) is 0 Å². The second kappa shape index (κ2) is 5.34. The Hall–Kier alpha value is -1.64. The van der Waals surface area contributed by atoms with E-state index in [1.165, 1.54) is 21.6 Å². The van der Waals surface area contributed by atoms with Gasteiger partial charge in [-0.2, -0.15) is 11.3 Å². The number of hydrogen-bond donors (Lipinski definition) is 0. The third-order valence-corrected chi connectivity index (χ3v) is 4.32. The van der Waals surface area contributed by atoms with Gasteiger partial charge in [-0.05, 0) is 45.5 Å². The molecule has 0 aliphatic carbocycles. The van der Waals surface area contributed by atoms with Crippen LogP contribution in [-0.2, 0) is 0 Å². The molecule has 0 radical (unpaired) electrons. The maximum atomic E-state index is 2.26. The van der Waals surface area contributed by atoms with Gasteiger partial charge in [0.15, 0.2) is 0 Å². The van der Waals surface area contributed by atoms with Crippen molar-refractivity contribution in [2.75, 3.05) is 0 Å². The zero-order chi connectivity index (χ0) is 12.2. The first-order valence-electron chi connectivity index (χ1n) is 5.77. The van der Waals surface area contributed by atoms with E-state index in [1.54, 1.807) is 22.7 Å². The van der Waals surface area contributed by atoms with Crippen molar-refractivity contribution in [3.8, 4) is 0 Å². The lowest BCUT2D eigenvalue weighted by Gasteiger charge is -2.03. The van der Waals surface area contributed by atoms with Crippen LogP contribution in [0.1, 0.15) is 16.0 Å². The molecule has 0 unspecified atom stereocenters. The van der Waals surface area contributed by atoms with Crippen LogP contribution in [0.5, 0.6) is 0 Å². The van der Waals surface area contributed by atoms with Crippen LogP contribution >= 0.6 is 22.7 Å². The fourth-order valence-electron chi connectivity index (χ4n) is 1.86. The standard InChI is InChI=1S/C16H12S2/c1-2-5-13(6-3-1)11-15(14-8-10-17-12-14)16-7-4-9-18-16/h1-12H/b15-11-. The Morgan fingerprint density at radius 2 is 1.78 bits per heavy atom. The van der Waals surface area contributed by atoms with Crippen molar-refractivity contribution in [1.29, 1.82) is 0 Å². The van der Waals surface area contributed by atoms with Gasteiger partial charge >= 0.3 is 0 Å². The summed E-state index contributed by atoms with van der Waals surface area (Å²) in [5, 5.41) is 6.46. The highest BCUT2D eigenvalue weighted by molar-refractivity contribution is 7.11. The van der Waals surface area contributed by atoms with Gasteiger partial charge < -0.3 is 0 Å². The molecule has 0 aliphatic rings. The number of hydrogen-bond acceptors (Lipinski definition) is 2. The Bertz CT molecular complexity index is 581. The highest BCUT2D eigenvalue weighted by Crippen LogP contribution is 2.30. The quantitative estimate of drug-likeness (QED) is 0.596. The molecular weight excluding hydrogens is 256 g/mol. The van der Waals surface area contributed by atoms with Crippen molar-refractivity contribution in [2.24, 2.45) is 0 Å². The van der Waals surface area contributed by atoms with Gasteiger partial charge in [0, 0.05) is 10.5 Å². The Morgan fingerprint density at radius 1 is 0.889 bits per heavy atom. The summed E-state index contributed by atoms with van der Waals surface area (Å²) in [7, 11) is 0. The Kier molecular flexibility index (Phi) is 3.40. The summed E-state index contributed by atoms with van der Waals surface area (Å²) in [5.74, 6) is 0. The molecule has 18 heavy (non-hydrogen) atoms. The van der Waals surface area contributed by atoms with E-state index in [0.29, 0.717) is 0 Å². The molecule has 0 saturated carbocycles. The topological polar surface area (TPSA) is 0 Å². The van der Waals surface area contributed by atoms with Gasteiger partial charge in [-0.25, -0.2) is 0 Å². The van der Waals surface area contributed by atoms with Crippen molar-refractivity contribution in [3.05, 3.63) is 80.7 Å². The molecule has 2 heterocycles. The third-order valence-electron chi connectivity index (χ3n) is 2.73. The zero-order valence-electron chi connectivity index (χ0n) is 9.74. The average molecular weight is 268 g/mol. The molecule has 1 aromatic carbocycles. The summed E-state index contributed by atoms with van der Waals surface area (Å²) >= 11 is 3.52. The van der Waals surface area contributed by atoms with E-state index in [0.717, 1.165) is 0 Å². The normalized spacial score (nSPS) is 11.7. The van der Waals surface area contributed by atoms with Gasteiger partial charge in [0.25, 0.3) is 0 Å². The van der Waals surface area contributed by atoms with E-state index in [4.69, 9.17) is 0 Å². The van der Waals surface area contributed by atoms with Crippen LogP contribution in [0.15, 0.2) is 64.7 Å². The molecule has 0 spiro atoms. The molecule has 0 amide bonds. The summed E-state index contributed by atoms with van der Waals surface area (Å²) in [6, 6.07) is 16.9. The SMILES string of the molecule is C(=C(\c1ccsc1)c1cccs1)/c1ccccc1. The molecule has 2 aromatic heterocycles. The fourth-order valence-corrected chi connectivity index (χ4v) is 3.28. The van der Waals surface area contributed by atoms with Gasteiger partial charge in [0.1, 0.15) is 0 Å². The molecule has 88 valence electrons. The van der Waals surface area contributed by atoms with Crippen molar-refractivity contribution in [2.45, 2.75) is 0 Å². The predicted molar refractivity (Wildman–Crippen MR) is 82.1 cm³/mol. The van der Waals surface area contributed by atoms with Crippen LogP contribution in [0.3, 0.4) is 0 Å². The predicted octanol–water partition coefficient (Wildman–Crippen LogP) is 5.40. The summed E-state index contributed by atoms with van der Waals surface area (Å²) in [6.45, 7) is 0. The summed E-state index contributed by atoms with van der Waals surface area (Å²) in [4.78, 5) is 1.32. The zero-order valence-corrected chi connectivity index (χ0v) is 11.4. The van der Waals surface area contributed by atoms with Crippen molar-refractivity contribution in [3.63, 3.8) is 0 Å². The van der Waals surface area contributed by atoms with Crippen LogP contribution in [-0.4, -0.2) is 0 Å². The van der Waals surface area contributed by atoms with E-state index in [1.807, 2.05) is 6.07 Å². The first-order chi connectivity index (χ1) is 8.93. The highest BCUT2D eigenvalue weighted by Gasteiger charge is 2.06. The summed E-state index contributed by atoms with van der Waals surface area (Å²) < 4.78 is 0. The minimum absolute atomic E-state index is 1.24. The van der Waals surface area contributed by atoms with E-state index in [2.05, 4.69) is 64.7 Å². The molecular formula is C16H12S2. The smallest absolute Gasteiger partial charge is 0.0349 e. The first-order valence-corrected chi connectivity index (χ1v) is 7.59. The molecule has 0 N–H and O–H groups in total. The Labute approximate surface area is 115 Å². The van der Waals surface area contributed by atoms with Crippen LogP contribution in [0.25, 0.3) is 11.6 Å². The van der Waals surface area contributed by atoms with Crippen LogP contribution in [0.4, 0.5) is 0 Å². The molecule has 0 fully saturated rings. The maximum Gasteiger partial charge on any atom is 0.0349 e. The molecule has 0 bridgehead atoms. The van der Waals surface area contributed by atoms with Crippen molar-refractivity contribution in [1.82, 2.24) is 0 Å². The first kappa shape index (κ1) is 11.5. The Morgan fingerprint density at radius 3 is 2.44 bits per heavy atom. The van der Waals surface area contributed by atoms with Crippen LogP contribution in [0, 0.1) is 0 Å². The monoisotopic (exact) mass is 268 g/mol. The summed E-state index contributed by atoms with van der Waals surface area (Å²) in [6.07, 6.45) is 2.26. The van der Waals surface area contributed by atoms with Crippen molar-refractivity contribution < 1.29 is 0 Å². The summed E-state index contributed by atoms with van der Waals surface area (Å²) in [5.41, 5.74) is 3.84. The third kappa shape index (κ3) is 2.45. The fraction of sp³-hybridized carbons (Fsp3) is 0. The minimum Gasteiger partial charge on any atom is -0.152 e. The molecule has 3 aromatic rings. The number of thiophene rings is 2. The second-order valence-electron chi connectivity index (χ2n) is 3.96. The second-order valence-corrected chi connectivity index (χ2v) is 5.69.